The number of ketones is 1. The topological polar surface area (TPSA) is 75.6 Å². The van der Waals surface area contributed by atoms with E-state index in [-0.39, 0.29) is 47.0 Å². The Balaban J connectivity index is 2.02. The Morgan fingerprint density at radius 2 is 1.71 bits per heavy atom. The molecular formula is C30H52F3NO4. The van der Waals surface area contributed by atoms with Crippen LogP contribution in [0.1, 0.15) is 112 Å². The van der Waals surface area contributed by atoms with Crippen molar-refractivity contribution in [2.24, 2.45) is 34.0 Å². The summed E-state index contributed by atoms with van der Waals surface area (Å²) < 4.78 is 42.7. The summed E-state index contributed by atoms with van der Waals surface area (Å²) in [5.41, 5.74) is -1.20. The molecule has 0 bridgehead atoms. The molecule has 5 nitrogen and oxygen atoms in total. The van der Waals surface area contributed by atoms with E-state index >= 15 is 0 Å². The molecule has 0 aliphatic heterocycles. The van der Waals surface area contributed by atoms with Crippen LogP contribution in [0.4, 0.5) is 13.2 Å². The van der Waals surface area contributed by atoms with Crippen LogP contribution < -0.4 is 5.32 Å². The number of rotatable bonds is 12. The van der Waals surface area contributed by atoms with Crippen LogP contribution in [0.15, 0.2) is 0 Å². The monoisotopic (exact) mass is 547 g/mol. The number of Topliss-reactive ketones (excluding diaryl/α,β-unsaturated/α-hetero) is 1. The zero-order chi connectivity index (χ0) is 28.9. The molecule has 2 rings (SSSR count). The molecule has 0 aromatic carbocycles. The van der Waals surface area contributed by atoms with E-state index in [0.717, 1.165) is 57.8 Å². The van der Waals surface area contributed by atoms with Crippen LogP contribution >= 0.6 is 0 Å². The van der Waals surface area contributed by atoms with E-state index in [1.807, 2.05) is 12.2 Å². The van der Waals surface area contributed by atoms with Crippen molar-refractivity contribution in [2.45, 2.75) is 131 Å². The third-order valence-electron chi connectivity index (χ3n) is 10.7. The van der Waals surface area contributed by atoms with E-state index < -0.39 is 23.6 Å². The quantitative estimate of drug-likeness (QED) is 0.262. The number of hydrogen-bond acceptors (Lipinski definition) is 4. The van der Waals surface area contributed by atoms with E-state index in [1.54, 1.807) is 7.11 Å². The Kier molecular flexibility index (Phi) is 11.3. The highest BCUT2D eigenvalue weighted by molar-refractivity contribution is 5.87. The predicted molar refractivity (Wildman–Crippen MR) is 143 cm³/mol. The normalized spacial score (nSPS) is 36.9. The number of nitrogens with one attached hydrogen (secondary N) is 1. The molecule has 38 heavy (non-hydrogen) atoms. The van der Waals surface area contributed by atoms with Gasteiger partial charge in [-0.25, -0.2) is 0 Å². The number of alkyl halides is 3. The molecule has 2 N–H and O–H groups in total. The summed E-state index contributed by atoms with van der Waals surface area (Å²) in [5.74, 6) is -1.36. The van der Waals surface area contributed by atoms with Crippen molar-refractivity contribution in [3.63, 3.8) is 0 Å². The fourth-order valence-electron chi connectivity index (χ4n) is 7.78. The van der Waals surface area contributed by atoms with Gasteiger partial charge in [0.15, 0.2) is 0 Å². The second-order valence-electron chi connectivity index (χ2n) is 13.0. The van der Waals surface area contributed by atoms with Gasteiger partial charge in [-0.3, -0.25) is 9.59 Å². The molecule has 0 aromatic heterocycles. The van der Waals surface area contributed by atoms with Gasteiger partial charge in [-0.15, -0.1) is 0 Å². The number of methoxy groups -OCH3 is 1. The zero-order valence-corrected chi connectivity index (χ0v) is 24.7. The Hall–Kier alpha value is -1.15. The molecule has 2 fully saturated rings. The van der Waals surface area contributed by atoms with Crippen LogP contribution in [0.2, 0.25) is 0 Å². The Morgan fingerprint density at radius 1 is 1.13 bits per heavy atom. The van der Waals surface area contributed by atoms with Crippen molar-refractivity contribution in [2.75, 3.05) is 13.7 Å². The van der Waals surface area contributed by atoms with Crippen molar-refractivity contribution in [3.05, 3.63) is 0 Å². The maximum Gasteiger partial charge on any atom is 0.471 e. The van der Waals surface area contributed by atoms with Crippen molar-refractivity contribution in [1.82, 2.24) is 5.32 Å². The maximum atomic E-state index is 14.1. The average Bonchev–Trinajstić information content (AvgIpc) is 3.22. The molecule has 8 atom stereocenters. The van der Waals surface area contributed by atoms with Crippen molar-refractivity contribution in [3.8, 4) is 0 Å². The van der Waals surface area contributed by atoms with Gasteiger partial charge in [0, 0.05) is 30.4 Å². The molecule has 2 aliphatic rings. The van der Waals surface area contributed by atoms with Crippen molar-refractivity contribution < 1.29 is 32.6 Å². The number of aliphatic hydroxyl groups excluding tert-OH is 1. The summed E-state index contributed by atoms with van der Waals surface area (Å²) in [4.78, 5) is 24.9. The molecule has 8 heteroatoms. The number of carbonyl (C=O) groups excluding carboxylic acids is 2. The Labute approximate surface area is 228 Å². The first-order valence-electron chi connectivity index (χ1n) is 14.7. The number of carbonyl (C=O) groups is 2. The zero-order valence-electron chi connectivity index (χ0n) is 24.7. The number of amides is 1. The van der Waals surface area contributed by atoms with Gasteiger partial charge in [0.25, 0.3) is 0 Å². The standard InChI is InChI=1S/C30H52F3NO4/c1-8-20(2)29(6)23(35)19-27(4,25(36)21(3)28(5)17-15-22(38-7)24(28)29)16-13-11-9-10-12-14-18-34-26(37)30(31,32)33/h20-24,35H,8-19H2,1-7H3,(H,34,37)/t20-,21+,22-,23-,24-,27+,28+,29+/m1/s1. The molecule has 0 unspecified atom stereocenters. The SMILES string of the molecule is CC[C@@H](C)[C@@]1(C)[C@H](O)C[C@](C)(CCCCCCCCNC(=O)C(F)(F)F)C(=O)[C@H](C)[C@]2(C)CC[C@@H](OC)[C@H]21. The third-order valence-corrected chi connectivity index (χ3v) is 10.7. The van der Waals surface area contributed by atoms with Crippen LogP contribution in [0.3, 0.4) is 0 Å². The molecule has 0 radical (unpaired) electrons. The van der Waals surface area contributed by atoms with Gasteiger partial charge < -0.3 is 15.2 Å². The van der Waals surface area contributed by atoms with Crippen molar-refractivity contribution in [1.29, 1.82) is 0 Å². The number of hydrogen-bond donors (Lipinski definition) is 2. The fraction of sp³-hybridized carbons (Fsp3) is 0.933. The van der Waals surface area contributed by atoms with Crippen LogP contribution in [0.5, 0.6) is 0 Å². The molecule has 2 aliphatic carbocycles. The van der Waals surface area contributed by atoms with Gasteiger partial charge in [-0.2, -0.15) is 13.2 Å². The van der Waals surface area contributed by atoms with Gasteiger partial charge in [-0.05, 0) is 49.4 Å². The van der Waals surface area contributed by atoms with Gasteiger partial charge >= 0.3 is 12.1 Å². The highest BCUT2D eigenvalue weighted by Crippen LogP contribution is 2.63. The van der Waals surface area contributed by atoms with Crippen LogP contribution in [0, 0.1) is 34.0 Å². The smallest absolute Gasteiger partial charge is 0.393 e. The maximum absolute atomic E-state index is 14.1. The predicted octanol–water partition coefficient (Wildman–Crippen LogP) is 6.86. The van der Waals surface area contributed by atoms with Crippen LogP contribution in [0.25, 0.3) is 0 Å². The minimum Gasteiger partial charge on any atom is -0.393 e. The highest BCUT2D eigenvalue weighted by atomic mass is 19.4. The van der Waals surface area contributed by atoms with Gasteiger partial charge in [0.2, 0.25) is 0 Å². The first-order valence-corrected chi connectivity index (χ1v) is 14.7. The molecule has 222 valence electrons. The summed E-state index contributed by atoms with van der Waals surface area (Å²) in [6, 6.07) is 0. The van der Waals surface area contributed by atoms with E-state index in [0.29, 0.717) is 12.8 Å². The molecular weight excluding hydrogens is 495 g/mol. The third kappa shape index (κ3) is 6.76. The van der Waals surface area contributed by atoms with Gasteiger partial charge in [-0.1, -0.05) is 80.1 Å². The number of ether oxygens (including phenoxy) is 1. The summed E-state index contributed by atoms with van der Waals surface area (Å²) >= 11 is 0. The molecule has 0 heterocycles. The molecule has 2 saturated carbocycles. The van der Waals surface area contributed by atoms with E-state index in [1.165, 1.54) is 0 Å². The molecule has 0 aromatic rings. The van der Waals surface area contributed by atoms with Gasteiger partial charge in [0.1, 0.15) is 5.78 Å². The molecule has 0 spiro atoms. The number of unbranched alkanes of at least 4 members (excludes halogenated alkanes) is 5. The van der Waals surface area contributed by atoms with E-state index in [2.05, 4.69) is 34.6 Å². The summed E-state index contributed by atoms with van der Waals surface area (Å²) in [6.07, 6.45) is 3.41. The molecule has 0 saturated heterocycles. The highest BCUT2D eigenvalue weighted by Gasteiger charge is 2.63. The molecule has 1 amide bonds. The lowest BCUT2D eigenvalue weighted by molar-refractivity contribution is -0.173. The Bertz CT molecular complexity index is 805. The lowest BCUT2D eigenvalue weighted by atomic mass is 9.48. The summed E-state index contributed by atoms with van der Waals surface area (Å²) in [5, 5.41) is 13.8. The average molecular weight is 548 g/mol. The largest absolute Gasteiger partial charge is 0.471 e. The second-order valence-corrected chi connectivity index (χ2v) is 13.0. The number of halogens is 3. The first-order chi connectivity index (χ1) is 17.6. The fourth-order valence-corrected chi connectivity index (χ4v) is 7.78. The number of aliphatic hydroxyl groups is 1. The van der Waals surface area contributed by atoms with Crippen LogP contribution in [-0.2, 0) is 14.3 Å². The lowest BCUT2D eigenvalue weighted by Crippen LogP contribution is -2.59. The van der Waals surface area contributed by atoms with Crippen LogP contribution in [-0.4, -0.2) is 48.8 Å². The second kappa shape index (κ2) is 13.0. The Morgan fingerprint density at radius 3 is 2.26 bits per heavy atom. The van der Waals surface area contributed by atoms with Gasteiger partial charge in [0.05, 0.1) is 12.2 Å². The number of fused-ring (bicyclic) bond motifs is 1. The first kappa shape index (κ1) is 33.1. The van der Waals surface area contributed by atoms with E-state index in [4.69, 9.17) is 4.74 Å². The summed E-state index contributed by atoms with van der Waals surface area (Å²) in [7, 11) is 1.76. The lowest BCUT2D eigenvalue weighted by Gasteiger charge is -2.57. The minimum atomic E-state index is -4.83. The van der Waals surface area contributed by atoms with Crippen molar-refractivity contribution >= 4 is 11.7 Å². The summed E-state index contributed by atoms with van der Waals surface area (Å²) in [6.45, 7) is 13.0. The van der Waals surface area contributed by atoms with E-state index in [9.17, 15) is 27.9 Å². The minimum absolute atomic E-state index is 0.0271.